The van der Waals surface area contributed by atoms with Crippen molar-refractivity contribution >= 4 is 22.2 Å². The normalized spacial score (nSPS) is 11.6. The molecular weight excluding hydrogens is 340 g/mol. The molecule has 4 aromatic rings. The van der Waals surface area contributed by atoms with E-state index >= 15 is 0 Å². The molecule has 28 heavy (non-hydrogen) atoms. The summed E-state index contributed by atoms with van der Waals surface area (Å²) in [5, 5.41) is 4.56. The van der Waals surface area contributed by atoms with Gasteiger partial charge >= 0.3 is 0 Å². The van der Waals surface area contributed by atoms with E-state index in [0.717, 1.165) is 27.8 Å². The quantitative estimate of drug-likeness (QED) is 0.420. The number of allylic oxidation sites excluding steroid dienone is 2. The molecule has 138 valence electrons. The zero-order chi connectivity index (χ0) is 19.5. The average molecular weight is 364 g/mol. The van der Waals surface area contributed by atoms with Gasteiger partial charge in [-0.15, -0.1) is 0 Å². The third-order valence-corrected chi connectivity index (χ3v) is 5.24. The molecule has 0 atom stereocenters. The molecule has 4 rings (SSSR count). The maximum Gasteiger partial charge on any atom is 0.0953 e. The fourth-order valence-electron chi connectivity index (χ4n) is 3.64. The van der Waals surface area contributed by atoms with Gasteiger partial charge in [-0.05, 0) is 36.6 Å². The predicted molar refractivity (Wildman–Crippen MR) is 121 cm³/mol. The number of benzene rings is 3. The van der Waals surface area contributed by atoms with Gasteiger partial charge in [0, 0.05) is 23.6 Å². The van der Waals surface area contributed by atoms with Crippen molar-refractivity contribution in [3.63, 3.8) is 0 Å². The van der Waals surface area contributed by atoms with Gasteiger partial charge in [-0.1, -0.05) is 78.9 Å². The average Bonchev–Trinajstić information content (AvgIpc) is 2.78. The van der Waals surface area contributed by atoms with Gasteiger partial charge in [-0.2, -0.15) is 0 Å². The molecule has 0 spiro atoms. The van der Waals surface area contributed by atoms with Crippen LogP contribution in [0.2, 0.25) is 0 Å². The van der Waals surface area contributed by atoms with Crippen molar-refractivity contribution in [3.8, 4) is 22.4 Å². The van der Waals surface area contributed by atoms with Gasteiger partial charge in [-0.25, -0.2) is 4.98 Å². The summed E-state index contributed by atoms with van der Waals surface area (Å²) in [4.78, 5) is 5.09. The van der Waals surface area contributed by atoms with Crippen molar-refractivity contribution in [2.45, 2.75) is 13.8 Å². The van der Waals surface area contributed by atoms with Crippen LogP contribution in [0.4, 0.5) is 5.69 Å². The van der Waals surface area contributed by atoms with Gasteiger partial charge in [0.25, 0.3) is 0 Å². The lowest BCUT2D eigenvalue weighted by Gasteiger charge is -2.16. The van der Waals surface area contributed by atoms with Gasteiger partial charge in [0.05, 0.1) is 16.9 Å². The molecule has 2 nitrogen and oxygen atoms in total. The molecule has 0 bridgehead atoms. The summed E-state index contributed by atoms with van der Waals surface area (Å²) in [7, 11) is 1.97. The standard InChI is InChI=1S/C26H24N2/c1-4-18(2)21-15-16-22-23(19-11-7-5-8-12-19)17-24(20-13-9-6-10-14-20)28-26(22)25(21)27-3/h4-17,27H,1-3H3/b18-4+. The highest BCUT2D eigenvalue weighted by molar-refractivity contribution is 6.05. The van der Waals surface area contributed by atoms with Crippen LogP contribution in [-0.2, 0) is 0 Å². The Bertz CT molecular complexity index is 1140. The Labute approximate surface area is 166 Å². The van der Waals surface area contributed by atoms with Crippen LogP contribution >= 0.6 is 0 Å². The highest BCUT2D eigenvalue weighted by Gasteiger charge is 2.15. The van der Waals surface area contributed by atoms with Crippen LogP contribution in [0.3, 0.4) is 0 Å². The summed E-state index contributed by atoms with van der Waals surface area (Å²) in [5.41, 5.74) is 9.00. The zero-order valence-corrected chi connectivity index (χ0v) is 16.5. The van der Waals surface area contributed by atoms with Crippen LogP contribution in [0.5, 0.6) is 0 Å². The van der Waals surface area contributed by atoms with E-state index in [4.69, 9.17) is 4.98 Å². The van der Waals surface area contributed by atoms with Gasteiger partial charge in [0.15, 0.2) is 0 Å². The largest absolute Gasteiger partial charge is 0.386 e. The Hall–Kier alpha value is -3.39. The topological polar surface area (TPSA) is 24.9 Å². The van der Waals surface area contributed by atoms with Crippen LogP contribution in [0.25, 0.3) is 38.9 Å². The molecule has 0 fully saturated rings. The first-order valence-corrected chi connectivity index (χ1v) is 9.62. The number of aromatic nitrogens is 1. The van der Waals surface area contributed by atoms with Crippen molar-refractivity contribution in [2.24, 2.45) is 0 Å². The molecule has 3 aromatic carbocycles. The lowest BCUT2D eigenvalue weighted by Crippen LogP contribution is -1.99. The van der Waals surface area contributed by atoms with Gasteiger partial charge in [0.1, 0.15) is 0 Å². The summed E-state index contributed by atoms with van der Waals surface area (Å²) < 4.78 is 0. The lowest BCUT2D eigenvalue weighted by atomic mass is 9.95. The summed E-state index contributed by atoms with van der Waals surface area (Å²) in [6.07, 6.45) is 2.14. The van der Waals surface area contributed by atoms with Crippen LogP contribution < -0.4 is 5.32 Å². The molecule has 1 N–H and O–H groups in total. The zero-order valence-electron chi connectivity index (χ0n) is 16.5. The third-order valence-electron chi connectivity index (χ3n) is 5.24. The molecule has 1 heterocycles. The van der Waals surface area contributed by atoms with Gasteiger partial charge in [-0.3, -0.25) is 0 Å². The molecule has 2 heteroatoms. The highest BCUT2D eigenvalue weighted by atomic mass is 14.9. The Morgan fingerprint density at radius 1 is 0.857 bits per heavy atom. The Balaban J connectivity index is 2.10. The fourth-order valence-corrected chi connectivity index (χ4v) is 3.64. The maximum atomic E-state index is 5.09. The SMILES string of the molecule is C/C=C(\C)c1ccc2c(-c3ccccc3)cc(-c3ccccc3)nc2c1NC. The number of pyridine rings is 1. The van der Waals surface area contributed by atoms with Crippen molar-refractivity contribution < 1.29 is 0 Å². The van der Waals surface area contributed by atoms with E-state index < -0.39 is 0 Å². The second-order valence-corrected chi connectivity index (χ2v) is 6.89. The molecular formula is C26H24N2. The molecule has 1 aromatic heterocycles. The first kappa shape index (κ1) is 18.0. The number of nitrogens with one attached hydrogen (secondary N) is 1. The van der Waals surface area contributed by atoms with Crippen LogP contribution in [-0.4, -0.2) is 12.0 Å². The minimum Gasteiger partial charge on any atom is -0.386 e. The maximum absolute atomic E-state index is 5.09. The number of fused-ring (bicyclic) bond motifs is 1. The number of rotatable bonds is 4. The molecule has 0 aliphatic heterocycles. The minimum atomic E-state index is 0.985. The minimum absolute atomic E-state index is 0.985. The lowest BCUT2D eigenvalue weighted by molar-refractivity contribution is 1.37. The van der Waals surface area contributed by atoms with Crippen LogP contribution in [0.1, 0.15) is 19.4 Å². The van der Waals surface area contributed by atoms with Crippen molar-refractivity contribution in [2.75, 3.05) is 12.4 Å². The molecule has 0 aliphatic carbocycles. The molecule has 0 aliphatic rings. The molecule has 0 amide bonds. The first-order chi connectivity index (χ1) is 13.7. The number of nitrogens with zero attached hydrogens (tertiary/aromatic N) is 1. The Morgan fingerprint density at radius 2 is 1.50 bits per heavy atom. The van der Waals surface area contributed by atoms with E-state index in [1.807, 2.05) is 13.1 Å². The monoisotopic (exact) mass is 364 g/mol. The van der Waals surface area contributed by atoms with E-state index in [1.54, 1.807) is 0 Å². The van der Waals surface area contributed by atoms with E-state index in [1.165, 1.54) is 22.3 Å². The van der Waals surface area contributed by atoms with Gasteiger partial charge < -0.3 is 5.32 Å². The van der Waals surface area contributed by atoms with Crippen molar-refractivity contribution in [3.05, 3.63) is 90.5 Å². The predicted octanol–water partition coefficient (Wildman–Crippen LogP) is 7.03. The Kier molecular flexibility index (Phi) is 4.94. The summed E-state index contributed by atoms with van der Waals surface area (Å²) in [6.45, 7) is 4.21. The van der Waals surface area contributed by atoms with Crippen molar-refractivity contribution in [1.82, 2.24) is 4.98 Å². The van der Waals surface area contributed by atoms with Crippen LogP contribution in [0.15, 0.2) is 84.9 Å². The third kappa shape index (κ3) is 3.18. The smallest absolute Gasteiger partial charge is 0.0953 e. The summed E-state index contributed by atoms with van der Waals surface area (Å²) >= 11 is 0. The molecule has 0 saturated heterocycles. The fraction of sp³-hybridized carbons (Fsp3) is 0.115. The highest BCUT2D eigenvalue weighted by Crippen LogP contribution is 2.38. The van der Waals surface area contributed by atoms with E-state index in [2.05, 4.69) is 98.0 Å². The number of anilines is 1. The van der Waals surface area contributed by atoms with E-state index in [-0.39, 0.29) is 0 Å². The second kappa shape index (κ2) is 7.69. The second-order valence-electron chi connectivity index (χ2n) is 6.89. The van der Waals surface area contributed by atoms with Crippen LogP contribution in [0, 0.1) is 0 Å². The number of hydrogen-bond acceptors (Lipinski definition) is 2. The summed E-state index contributed by atoms with van der Waals surface area (Å²) in [5.74, 6) is 0. The Morgan fingerprint density at radius 3 is 2.11 bits per heavy atom. The van der Waals surface area contributed by atoms with E-state index in [9.17, 15) is 0 Å². The first-order valence-electron chi connectivity index (χ1n) is 9.62. The van der Waals surface area contributed by atoms with E-state index in [0.29, 0.717) is 0 Å². The van der Waals surface area contributed by atoms with Crippen molar-refractivity contribution in [1.29, 1.82) is 0 Å². The molecule has 0 saturated carbocycles. The summed E-state index contributed by atoms with van der Waals surface area (Å²) in [6, 6.07) is 27.5. The molecule has 0 radical (unpaired) electrons. The number of hydrogen-bond donors (Lipinski definition) is 1. The van der Waals surface area contributed by atoms with Gasteiger partial charge in [0.2, 0.25) is 0 Å². The molecule has 0 unspecified atom stereocenters.